The fourth-order valence-electron chi connectivity index (χ4n) is 2.72. The maximum atomic E-state index is 12.3. The lowest BCUT2D eigenvalue weighted by Crippen LogP contribution is -2.26. The SMILES string of the molecule is O=c1c(Cl)c(NC2CCCC2)cnn1Cc1ccccc1. The third-order valence-electron chi connectivity index (χ3n) is 3.87. The fraction of sp³-hybridized carbons (Fsp3) is 0.375. The van der Waals surface area contributed by atoms with Gasteiger partial charge >= 0.3 is 0 Å². The van der Waals surface area contributed by atoms with E-state index < -0.39 is 0 Å². The molecule has 1 saturated carbocycles. The standard InChI is InChI=1S/C16H18ClN3O/c17-15-14(19-13-8-4-5-9-13)10-18-20(16(15)21)11-12-6-2-1-3-7-12/h1-3,6-7,10,13,19H,4-5,8-9,11H2. The average Bonchev–Trinajstić information content (AvgIpc) is 3.01. The first-order chi connectivity index (χ1) is 10.2. The predicted octanol–water partition coefficient (Wildman–Crippen LogP) is 3.30. The summed E-state index contributed by atoms with van der Waals surface area (Å²) in [4.78, 5) is 12.3. The van der Waals surface area contributed by atoms with Crippen molar-refractivity contribution in [2.45, 2.75) is 38.3 Å². The van der Waals surface area contributed by atoms with E-state index in [0.29, 0.717) is 18.3 Å². The molecule has 4 nitrogen and oxygen atoms in total. The second-order valence-corrected chi connectivity index (χ2v) is 5.82. The summed E-state index contributed by atoms with van der Waals surface area (Å²) in [5.74, 6) is 0. The van der Waals surface area contributed by atoms with Gasteiger partial charge in [-0.15, -0.1) is 0 Å². The lowest BCUT2D eigenvalue weighted by Gasteiger charge is -2.15. The smallest absolute Gasteiger partial charge is 0.287 e. The van der Waals surface area contributed by atoms with Crippen LogP contribution in [0.3, 0.4) is 0 Å². The Labute approximate surface area is 128 Å². The van der Waals surface area contributed by atoms with Crippen LogP contribution in [0.5, 0.6) is 0 Å². The second-order valence-electron chi connectivity index (χ2n) is 5.45. The Balaban J connectivity index is 1.81. The van der Waals surface area contributed by atoms with Gasteiger partial charge in [0, 0.05) is 6.04 Å². The summed E-state index contributed by atoms with van der Waals surface area (Å²) in [7, 11) is 0. The second kappa shape index (κ2) is 6.31. The van der Waals surface area contributed by atoms with Gasteiger partial charge in [-0.3, -0.25) is 4.79 Å². The van der Waals surface area contributed by atoms with Crippen molar-refractivity contribution in [1.82, 2.24) is 9.78 Å². The van der Waals surface area contributed by atoms with Gasteiger partial charge in [0.15, 0.2) is 0 Å². The quantitative estimate of drug-likeness (QED) is 0.942. The van der Waals surface area contributed by atoms with Crippen molar-refractivity contribution >= 4 is 17.3 Å². The van der Waals surface area contributed by atoms with Crippen LogP contribution in [-0.4, -0.2) is 15.8 Å². The van der Waals surface area contributed by atoms with Crippen LogP contribution in [0.1, 0.15) is 31.2 Å². The first-order valence-corrected chi connectivity index (χ1v) is 7.68. The topological polar surface area (TPSA) is 46.9 Å². The highest BCUT2D eigenvalue weighted by atomic mass is 35.5. The van der Waals surface area contributed by atoms with Crippen molar-refractivity contribution in [3.8, 4) is 0 Å². The van der Waals surface area contributed by atoms with Crippen LogP contribution in [0.25, 0.3) is 0 Å². The van der Waals surface area contributed by atoms with Gasteiger partial charge < -0.3 is 5.32 Å². The zero-order valence-corrected chi connectivity index (χ0v) is 12.5. The average molecular weight is 304 g/mol. The van der Waals surface area contributed by atoms with Gasteiger partial charge in [-0.2, -0.15) is 5.10 Å². The van der Waals surface area contributed by atoms with Crippen LogP contribution >= 0.6 is 11.6 Å². The molecule has 110 valence electrons. The summed E-state index contributed by atoms with van der Waals surface area (Å²) in [5.41, 5.74) is 1.43. The molecule has 1 N–H and O–H groups in total. The van der Waals surface area contributed by atoms with E-state index in [0.717, 1.165) is 18.4 Å². The largest absolute Gasteiger partial charge is 0.380 e. The summed E-state index contributed by atoms with van der Waals surface area (Å²) in [6.45, 7) is 0.434. The number of aromatic nitrogens is 2. The van der Waals surface area contributed by atoms with E-state index in [9.17, 15) is 4.79 Å². The highest BCUT2D eigenvalue weighted by molar-refractivity contribution is 6.32. The molecule has 1 aromatic carbocycles. The van der Waals surface area contributed by atoms with Crippen molar-refractivity contribution in [3.63, 3.8) is 0 Å². The lowest BCUT2D eigenvalue weighted by molar-refractivity contribution is 0.638. The summed E-state index contributed by atoms with van der Waals surface area (Å²) >= 11 is 6.21. The molecule has 0 bridgehead atoms. The molecule has 0 unspecified atom stereocenters. The number of anilines is 1. The highest BCUT2D eigenvalue weighted by Gasteiger charge is 2.17. The maximum Gasteiger partial charge on any atom is 0.287 e. The van der Waals surface area contributed by atoms with E-state index in [-0.39, 0.29) is 10.6 Å². The molecule has 0 amide bonds. The number of halogens is 1. The summed E-state index contributed by atoms with van der Waals surface area (Å²) < 4.78 is 1.40. The van der Waals surface area contributed by atoms with Crippen LogP contribution in [-0.2, 0) is 6.54 Å². The molecule has 1 aliphatic carbocycles. The fourth-order valence-corrected chi connectivity index (χ4v) is 2.93. The van der Waals surface area contributed by atoms with Gasteiger partial charge in [-0.05, 0) is 18.4 Å². The molecule has 1 heterocycles. The van der Waals surface area contributed by atoms with Crippen LogP contribution in [0.4, 0.5) is 5.69 Å². The van der Waals surface area contributed by atoms with Gasteiger partial charge in [0.05, 0.1) is 18.4 Å². The van der Waals surface area contributed by atoms with Gasteiger partial charge in [0.2, 0.25) is 0 Å². The molecule has 21 heavy (non-hydrogen) atoms. The van der Waals surface area contributed by atoms with Crippen LogP contribution < -0.4 is 10.9 Å². The molecular formula is C16H18ClN3O. The third-order valence-corrected chi connectivity index (χ3v) is 4.24. The normalized spacial score (nSPS) is 15.3. The van der Waals surface area contributed by atoms with Gasteiger partial charge in [-0.25, -0.2) is 4.68 Å². The first kappa shape index (κ1) is 14.1. The summed E-state index contributed by atoms with van der Waals surface area (Å²) in [5, 5.41) is 7.80. The number of nitrogens with one attached hydrogen (secondary N) is 1. The Hall–Kier alpha value is -1.81. The van der Waals surface area contributed by atoms with Crippen molar-refractivity contribution < 1.29 is 0 Å². The van der Waals surface area contributed by atoms with Gasteiger partial charge in [-0.1, -0.05) is 54.8 Å². The zero-order chi connectivity index (χ0) is 14.7. The molecule has 0 radical (unpaired) electrons. The molecule has 1 aromatic heterocycles. The van der Waals surface area contributed by atoms with E-state index in [1.165, 1.54) is 17.5 Å². The number of benzene rings is 1. The van der Waals surface area contributed by atoms with E-state index >= 15 is 0 Å². The molecular weight excluding hydrogens is 286 g/mol. The number of nitrogens with zero attached hydrogens (tertiary/aromatic N) is 2. The molecule has 0 atom stereocenters. The minimum absolute atomic E-state index is 0.229. The molecule has 5 heteroatoms. The molecule has 0 aliphatic heterocycles. The minimum atomic E-state index is -0.247. The molecule has 1 fully saturated rings. The number of rotatable bonds is 4. The minimum Gasteiger partial charge on any atom is -0.380 e. The number of hydrogen-bond donors (Lipinski definition) is 1. The van der Waals surface area contributed by atoms with Crippen molar-refractivity contribution in [3.05, 3.63) is 57.5 Å². The zero-order valence-electron chi connectivity index (χ0n) is 11.8. The van der Waals surface area contributed by atoms with E-state index in [1.54, 1.807) is 6.20 Å². The summed E-state index contributed by atoms with van der Waals surface area (Å²) in [6.07, 6.45) is 6.37. The van der Waals surface area contributed by atoms with Crippen molar-refractivity contribution in [2.75, 3.05) is 5.32 Å². The van der Waals surface area contributed by atoms with Crippen LogP contribution in [0.2, 0.25) is 5.02 Å². The molecule has 3 rings (SSSR count). The first-order valence-electron chi connectivity index (χ1n) is 7.30. The van der Waals surface area contributed by atoms with Crippen LogP contribution in [0.15, 0.2) is 41.3 Å². The lowest BCUT2D eigenvalue weighted by atomic mass is 10.2. The Morgan fingerprint density at radius 3 is 2.67 bits per heavy atom. The van der Waals surface area contributed by atoms with Gasteiger partial charge in [0.25, 0.3) is 5.56 Å². The molecule has 1 aliphatic rings. The van der Waals surface area contributed by atoms with E-state index in [2.05, 4.69) is 10.4 Å². The van der Waals surface area contributed by atoms with E-state index in [1.807, 2.05) is 30.3 Å². The maximum absolute atomic E-state index is 12.3. The Kier molecular flexibility index (Phi) is 4.25. The Morgan fingerprint density at radius 1 is 1.24 bits per heavy atom. The van der Waals surface area contributed by atoms with Crippen molar-refractivity contribution in [2.24, 2.45) is 0 Å². The third kappa shape index (κ3) is 3.27. The van der Waals surface area contributed by atoms with Crippen LogP contribution in [0, 0.1) is 0 Å². The molecule has 0 saturated heterocycles. The monoisotopic (exact) mass is 303 g/mol. The molecule has 2 aromatic rings. The predicted molar refractivity (Wildman–Crippen MR) is 84.9 cm³/mol. The number of hydrogen-bond acceptors (Lipinski definition) is 3. The van der Waals surface area contributed by atoms with Gasteiger partial charge in [0.1, 0.15) is 5.02 Å². The summed E-state index contributed by atoms with van der Waals surface area (Å²) in [6, 6.07) is 10.2. The highest BCUT2D eigenvalue weighted by Crippen LogP contribution is 2.24. The Morgan fingerprint density at radius 2 is 1.95 bits per heavy atom. The van der Waals surface area contributed by atoms with Crippen molar-refractivity contribution in [1.29, 1.82) is 0 Å². The van der Waals surface area contributed by atoms with E-state index in [4.69, 9.17) is 11.6 Å². The Bertz CT molecular complexity index is 663. The molecule has 0 spiro atoms.